The summed E-state index contributed by atoms with van der Waals surface area (Å²) in [6, 6.07) is 13.6. The van der Waals surface area contributed by atoms with E-state index in [1.165, 1.54) is 11.8 Å². The van der Waals surface area contributed by atoms with Crippen molar-refractivity contribution in [3.63, 3.8) is 0 Å². The molecule has 0 spiro atoms. The molecule has 0 radical (unpaired) electrons. The highest BCUT2D eigenvalue weighted by Crippen LogP contribution is 2.57. The molecule has 0 atom stereocenters. The van der Waals surface area contributed by atoms with Gasteiger partial charge < -0.3 is 14.7 Å². The number of para-hydroxylation sites is 1. The Morgan fingerprint density at radius 2 is 1.81 bits per heavy atom. The smallest absolute Gasteiger partial charge is 0.331 e. The monoisotopic (exact) mass is 534 g/mol. The van der Waals surface area contributed by atoms with Crippen molar-refractivity contribution in [1.82, 2.24) is 4.72 Å². The number of anilines is 2. The van der Waals surface area contributed by atoms with Crippen molar-refractivity contribution >= 4 is 39.9 Å². The zero-order valence-electron chi connectivity index (χ0n) is 21.5. The molecule has 2 aromatic rings. The average molecular weight is 535 g/mol. The van der Waals surface area contributed by atoms with Gasteiger partial charge in [-0.15, -0.1) is 22.5 Å². The lowest BCUT2D eigenvalue weighted by atomic mass is 9.87. The van der Waals surface area contributed by atoms with E-state index in [1.54, 1.807) is 13.0 Å². The fourth-order valence-corrected chi connectivity index (χ4v) is 6.86. The van der Waals surface area contributed by atoms with E-state index in [0.29, 0.717) is 22.9 Å². The lowest BCUT2D eigenvalue weighted by Crippen LogP contribution is -2.51. The SMILES string of the molecule is CCCCC1(CCCC)CN(c2ccccc2)c2cc(SC)c(O/C(C)=C/C(=O)O)cc2S(O)(O)N1. The second-order valence-corrected chi connectivity index (χ2v) is 11.8. The first-order chi connectivity index (χ1) is 17.1. The molecule has 3 rings (SSSR count). The molecular formula is C27H38N2O5S2. The van der Waals surface area contributed by atoms with Gasteiger partial charge in [-0.3, -0.25) is 9.11 Å². The Hall–Kier alpha value is -2.17. The van der Waals surface area contributed by atoms with Crippen LogP contribution in [-0.4, -0.2) is 38.5 Å². The van der Waals surface area contributed by atoms with Crippen LogP contribution in [0.4, 0.5) is 11.4 Å². The molecule has 1 aliphatic heterocycles. The number of carboxylic acid groups (broad SMARTS) is 1. The minimum absolute atomic E-state index is 0.205. The molecule has 0 saturated carbocycles. The summed E-state index contributed by atoms with van der Waals surface area (Å²) in [5, 5.41) is 9.11. The van der Waals surface area contributed by atoms with Crippen LogP contribution in [0.1, 0.15) is 59.3 Å². The topological polar surface area (TPSA) is 102 Å². The number of nitrogens with zero attached hydrogens (tertiary/aromatic N) is 1. The van der Waals surface area contributed by atoms with Crippen LogP contribution in [0.5, 0.6) is 5.75 Å². The van der Waals surface area contributed by atoms with Crippen molar-refractivity contribution in [2.24, 2.45) is 0 Å². The summed E-state index contributed by atoms with van der Waals surface area (Å²) in [6.45, 7) is 6.45. The molecule has 0 bridgehead atoms. The highest BCUT2D eigenvalue weighted by Gasteiger charge is 2.42. The maximum atomic E-state index is 11.6. The van der Waals surface area contributed by atoms with Gasteiger partial charge in [0.1, 0.15) is 16.4 Å². The number of hydrogen-bond acceptors (Lipinski definition) is 7. The van der Waals surface area contributed by atoms with Crippen LogP contribution in [0, 0.1) is 0 Å². The van der Waals surface area contributed by atoms with Crippen molar-refractivity contribution in [3.8, 4) is 5.75 Å². The Kier molecular flexibility index (Phi) is 9.77. The molecular weight excluding hydrogens is 496 g/mol. The molecule has 1 aliphatic rings. The number of ether oxygens (including phenoxy) is 1. The van der Waals surface area contributed by atoms with Crippen molar-refractivity contribution in [2.45, 2.75) is 74.6 Å². The summed E-state index contributed by atoms with van der Waals surface area (Å²) in [5.74, 6) is -0.512. The van der Waals surface area contributed by atoms with Gasteiger partial charge in [0.2, 0.25) is 0 Å². The van der Waals surface area contributed by atoms with E-state index in [-0.39, 0.29) is 5.76 Å². The zero-order valence-corrected chi connectivity index (χ0v) is 23.1. The summed E-state index contributed by atoms with van der Waals surface area (Å²) >= 11 is 1.46. The lowest BCUT2D eigenvalue weighted by molar-refractivity contribution is -0.131. The summed E-state index contributed by atoms with van der Waals surface area (Å²) in [7, 11) is -3.41. The van der Waals surface area contributed by atoms with E-state index in [4.69, 9.17) is 9.84 Å². The lowest BCUT2D eigenvalue weighted by Gasteiger charge is -2.43. The first-order valence-electron chi connectivity index (χ1n) is 12.4. The summed E-state index contributed by atoms with van der Waals surface area (Å²) in [4.78, 5) is 14.4. The number of nitrogens with one attached hydrogen (secondary N) is 1. The van der Waals surface area contributed by atoms with E-state index < -0.39 is 22.3 Å². The first-order valence-corrected chi connectivity index (χ1v) is 15.1. The first kappa shape index (κ1) is 28.4. The number of allylic oxidation sites excluding steroid dienone is 1. The van der Waals surface area contributed by atoms with Crippen LogP contribution < -0.4 is 14.4 Å². The van der Waals surface area contributed by atoms with Crippen LogP contribution in [0.2, 0.25) is 0 Å². The Morgan fingerprint density at radius 1 is 1.17 bits per heavy atom. The molecule has 0 fully saturated rings. The fraction of sp³-hybridized carbons (Fsp3) is 0.444. The Balaban J connectivity index is 2.22. The van der Waals surface area contributed by atoms with E-state index in [0.717, 1.165) is 55.2 Å². The van der Waals surface area contributed by atoms with Gasteiger partial charge in [-0.05, 0) is 44.2 Å². The quantitative estimate of drug-likeness (QED) is 0.132. The van der Waals surface area contributed by atoms with Crippen LogP contribution >= 0.6 is 22.5 Å². The maximum absolute atomic E-state index is 11.6. The Labute approximate surface area is 220 Å². The largest absolute Gasteiger partial charge is 0.478 e. The second-order valence-electron chi connectivity index (χ2n) is 9.23. The van der Waals surface area contributed by atoms with Gasteiger partial charge in [0.15, 0.2) is 0 Å². The van der Waals surface area contributed by atoms with Gasteiger partial charge >= 0.3 is 5.97 Å². The molecule has 7 nitrogen and oxygen atoms in total. The van der Waals surface area contributed by atoms with Gasteiger partial charge in [-0.25, -0.2) is 9.52 Å². The van der Waals surface area contributed by atoms with Crippen molar-refractivity contribution in [2.75, 3.05) is 17.7 Å². The number of thioether (sulfide) groups is 1. The minimum atomic E-state index is -3.41. The van der Waals surface area contributed by atoms with Crippen molar-refractivity contribution in [3.05, 3.63) is 54.3 Å². The fourth-order valence-electron chi connectivity index (χ4n) is 4.62. The van der Waals surface area contributed by atoms with Gasteiger partial charge in [0.05, 0.1) is 22.2 Å². The minimum Gasteiger partial charge on any atom is -0.478 e. The highest BCUT2D eigenvalue weighted by molar-refractivity contribution is 8.22. The van der Waals surface area contributed by atoms with Gasteiger partial charge in [-0.1, -0.05) is 57.7 Å². The van der Waals surface area contributed by atoms with Crippen molar-refractivity contribution in [1.29, 1.82) is 0 Å². The van der Waals surface area contributed by atoms with Gasteiger partial charge in [0.25, 0.3) is 0 Å². The summed E-state index contributed by atoms with van der Waals surface area (Å²) in [5.41, 5.74) is 1.18. The standard InChI is InChI=1S/C27H38N2O5S2/c1-5-7-14-27(15-8-6-2)19-29(21-12-10-9-11-13-21)22-17-24(35-4)23(34-20(3)16-26(30)31)18-25(22)36(32,33)28-27/h9-13,16-18,28,32-33H,5-8,14-15,19H2,1-4H3,(H,30,31)/b20-16+. The van der Waals surface area contributed by atoms with Crippen LogP contribution in [0.25, 0.3) is 0 Å². The molecule has 9 heteroatoms. The molecule has 1 heterocycles. The van der Waals surface area contributed by atoms with E-state index in [2.05, 4.69) is 23.5 Å². The third-order valence-electron chi connectivity index (χ3n) is 6.35. The number of benzene rings is 2. The third-order valence-corrected chi connectivity index (χ3v) is 8.76. The van der Waals surface area contributed by atoms with Crippen LogP contribution in [0.3, 0.4) is 0 Å². The number of fused-ring (bicyclic) bond motifs is 1. The predicted molar refractivity (Wildman–Crippen MR) is 150 cm³/mol. The molecule has 198 valence electrons. The molecule has 0 aliphatic carbocycles. The number of aliphatic carboxylic acids is 1. The highest BCUT2D eigenvalue weighted by atomic mass is 32.3. The van der Waals surface area contributed by atoms with E-state index in [1.807, 2.05) is 42.7 Å². The Bertz CT molecular complexity index is 1070. The third kappa shape index (κ3) is 6.77. The Morgan fingerprint density at radius 3 is 2.36 bits per heavy atom. The maximum Gasteiger partial charge on any atom is 0.331 e. The summed E-state index contributed by atoms with van der Waals surface area (Å²) < 4.78 is 32.4. The number of carboxylic acids is 1. The van der Waals surface area contributed by atoms with Crippen LogP contribution in [0.15, 0.2) is 64.1 Å². The summed E-state index contributed by atoms with van der Waals surface area (Å²) in [6.07, 6.45) is 8.49. The average Bonchev–Trinajstić information content (AvgIpc) is 2.93. The number of carbonyl (C=O) groups is 1. The van der Waals surface area contributed by atoms with Gasteiger partial charge in [0, 0.05) is 18.3 Å². The second kappa shape index (κ2) is 12.4. The molecule has 0 amide bonds. The predicted octanol–water partition coefficient (Wildman–Crippen LogP) is 7.66. The van der Waals surface area contributed by atoms with E-state index in [9.17, 15) is 13.9 Å². The number of hydrogen-bond donors (Lipinski definition) is 4. The zero-order chi connectivity index (χ0) is 26.3. The molecule has 0 saturated heterocycles. The molecule has 4 N–H and O–H groups in total. The normalized spacial score (nSPS) is 17.7. The number of rotatable bonds is 11. The van der Waals surface area contributed by atoms with Crippen molar-refractivity contribution < 1.29 is 23.7 Å². The van der Waals surface area contributed by atoms with E-state index >= 15 is 0 Å². The molecule has 0 aromatic heterocycles. The molecule has 0 unspecified atom stereocenters. The molecule has 2 aromatic carbocycles. The number of unbranched alkanes of at least 4 members (excludes halogenated alkanes) is 2. The van der Waals surface area contributed by atoms with Crippen LogP contribution in [-0.2, 0) is 4.79 Å². The van der Waals surface area contributed by atoms with Gasteiger partial charge in [-0.2, -0.15) is 0 Å². The molecule has 36 heavy (non-hydrogen) atoms.